The molecule has 0 amide bonds. The molecule has 0 bridgehead atoms. The summed E-state index contributed by atoms with van der Waals surface area (Å²) in [7, 11) is 0. The minimum atomic E-state index is -0.964. The van der Waals surface area contributed by atoms with Crippen LogP contribution >= 0.6 is 31.9 Å². The summed E-state index contributed by atoms with van der Waals surface area (Å²) in [6.45, 7) is 1.87. The summed E-state index contributed by atoms with van der Waals surface area (Å²) in [6.07, 6.45) is -0.964. The Bertz CT molecular complexity index is 584. The summed E-state index contributed by atoms with van der Waals surface area (Å²) in [6, 6.07) is 10.1. The molecular weight excluding hydrogens is 363 g/mol. The molecule has 4 heteroatoms. The Morgan fingerprint density at radius 2 is 1.78 bits per heavy atom. The van der Waals surface area contributed by atoms with Gasteiger partial charge in [0.1, 0.15) is 11.9 Å². The lowest BCUT2D eigenvalue weighted by Crippen LogP contribution is -2.03. The molecule has 0 saturated carbocycles. The van der Waals surface area contributed by atoms with Crippen molar-refractivity contribution in [3.8, 4) is 0 Å². The first kappa shape index (κ1) is 13.7. The summed E-state index contributed by atoms with van der Waals surface area (Å²) in [4.78, 5) is 0. The van der Waals surface area contributed by atoms with E-state index in [0.29, 0.717) is 11.1 Å². The number of aryl methyl sites for hydroxylation is 1. The highest BCUT2D eigenvalue weighted by Crippen LogP contribution is 2.30. The Labute approximate surface area is 122 Å². The Morgan fingerprint density at radius 3 is 2.44 bits per heavy atom. The minimum Gasteiger partial charge on any atom is -0.384 e. The second-order valence-corrected chi connectivity index (χ2v) is 5.81. The smallest absolute Gasteiger partial charge is 0.129 e. The quantitative estimate of drug-likeness (QED) is 0.805. The average Bonchev–Trinajstić information content (AvgIpc) is 2.35. The molecular formula is C14H11Br2FO. The zero-order valence-corrected chi connectivity index (χ0v) is 12.8. The molecule has 2 rings (SSSR count). The van der Waals surface area contributed by atoms with Crippen molar-refractivity contribution in [1.82, 2.24) is 0 Å². The van der Waals surface area contributed by atoms with Crippen LogP contribution in [0.25, 0.3) is 0 Å². The zero-order valence-electron chi connectivity index (χ0n) is 9.62. The molecule has 18 heavy (non-hydrogen) atoms. The van der Waals surface area contributed by atoms with E-state index in [9.17, 15) is 9.50 Å². The van der Waals surface area contributed by atoms with Gasteiger partial charge < -0.3 is 5.11 Å². The molecule has 0 aromatic heterocycles. The van der Waals surface area contributed by atoms with Crippen molar-refractivity contribution in [2.24, 2.45) is 0 Å². The van der Waals surface area contributed by atoms with Crippen LogP contribution in [0.5, 0.6) is 0 Å². The zero-order chi connectivity index (χ0) is 13.3. The van der Waals surface area contributed by atoms with Gasteiger partial charge in [-0.1, -0.05) is 23.8 Å². The van der Waals surface area contributed by atoms with E-state index >= 15 is 0 Å². The van der Waals surface area contributed by atoms with Gasteiger partial charge in [0.25, 0.3) is 0 Å². The lowest BCUT2D eigenvalue weighted by molar-refractivity contribution is 0.215. The SMILES string of the molecule is Cc1ccc(F)c(C(O)c2ccc(Br)c(Br)c2)c1. The predicted molar refractivity (Wildman–Crippen MR) is 77.0 cm³/mol. The fraction of sp³-hybridized carbons (Fsp3) is 0.143. The van der Waals surface area contributed by atoms with E-state index in [1.807, 2.05) is 13.0 Å². The number of hydrogen-bond donors (Lipinski definition) is 1. The number of aliphatic hydroxyl groups is 1. The molecule has 1 unspecified atom stereocenters. The highest BCUT2D eigenvalue weighted by atomic mass is 79.9. The third-order valence-corrected chi connectivity index (χ3v) is 4.59. The van der Waals surface area contributed by atoms with Gasteiger partial charge in [-0.25, -0.2) is 4.39 Å². The normalized spacial score (nSPS) is 12.5. The molecule has 0 aliphatic rings. The summed E-state index contributed by atoms with van der Waals surface area (Å²) in [5, 5.41) is 10.2. The third-order valence-electron chi connectivity index (χ3n) is 2.71. The van der Waals surface area contributed by atoms with Gasteiger partial charge >= 0.3 is 0 Å². The third kappa shape index (κ3) is 2.82. The number of benzene rings is 2. The van der Waals surface area contributed by atoms with E-state index in [0.717, 1.165) is 14.5 Å². The molecule has 0 aliphatic heterocycles. The van der Waals surface area contributed by atoms with Crippen molar-refractivity contribution in [2.45, 2.75) is 13.0 Å². The van der Waals surface area contributed by atoms with Crippen molar-refractivity contribution >= 4 is 31.9 Å². The van der Waals surface area contributed by atoms with Crippen LogP contribution in [0.15, 0.2) is 45.3 Å². The highest BCUT2D eigenvalue weighted by Gasteiger charge is 2.16. The van der Waals surface area contributed by atoms with Crippen LogP contribution in [0.3, 0.4) is 0 Å². The van der Waals surface area contributed by atoms with Gasteiger partial charge in [-0.05, 0) is 62.5 Å². The Kier molecular flexibility index (Phi) is 4.20. The maximum absolute atomic E-state index is 13.7. The van der Waals surface area contributed by atoms with Gasteiger partial charge in [0.05, 0.1) is 0 Å². The van der Waals surface area contributed by atoms with Crippen LogP contribution in [0.4, 0.5) is 4.39 Å². The first-order valence-corrected chi connectivity index (χ1v) is 6.96. The molecule has 0 heterocycles. The maximum atomic E-state index is 13.7. The van der Waals surface area contributed by atoms with Crippen molar-refractivity contribution in [2.75, 3.05) is 0 Å². The lowest BCUT2D eigenvalue weighted by Gasteiger charge is -2.14. The molecule has 1 atom stereocenters. The van der Waals surface area contributed by atoms with Crippen molar-refractivity contribution in [3.63, 3.8) is 0 Å². The summed E-state index contributed by atoms with van der Waals surface area (Å²) < 4.78 is 15.4. The van der Waals surface area contributed by atoms with Crippen molar-refractivity contribution in [3.05, 3.63) is 67.9 Å². The Morgan fingerprint density at radius 1 is 1.06 bits per heavy atom. The lowest BCUT2D eigenvalue weighted by atomic mass is 9.99. The molecule has 2 aromatic rings. The van der Waals surface area contributed by atoms with E-state index in [1.54, 1.807) is 24.3 Å². The van der Waals surface area contributed by atoms with E-state index in [2.05, 4.69) is 31.9 Å². The van der Waals surface area contributed by atoms with Gasteiger partial charge in [-0.15, -0.1) is 0 Å². The van der Waals surface area contributed by atoms with Crippen molar-refractivity contribution in [1.29, 1.82) is 0 Å². The fourth-order valence-corrected chi connectivity index (χ4v) is 2.38. The molecule has 0 spiro atoms. The predicted octanol–water partition coefficient (Wildman–Crippen LogP) is 4.74. The number of halogens is 3. The highest BCUT2D eigenvalue weighted by molar-refractivity contribution is 9.13. The largest absolute Gasteiger partial charge is 0.384 e. The summed E-state index contributed by atoms with van der Waals surface area (Å²) >= 11 is 6.73. The number of hydrogen-bond acceptors (Lipinski definition) is 1. The molecule has 0 saturated heterocycles. The molecule has 2 aromatic carbocycles. The van der Waals surface area contributed by atoms with Crippen LogP contribution < -0.4 is 0 Å². The molecule has 0 radical (unpaired) electrons. The Balaban J connectivity index is 2.44. The topological polar surface area (TPSA) is 20.2 Å². The second-order valence-electron chi connectivity index (χ2n) is 4.10. The van der Waals surface area contributed by atoms with Gasteiger partial charge in [0.2, 0.25) is 0 Å². The van der Waals surface area contributed by atoms with Gasteiger partial charge in [-0.2, -0.15) is 0 Å². The first-order chi connectivity index (χ1) is 8.49. The van der Waals surface area contributed by atoms with E-state index in [-0.39, 0.29) is 0 Å². The van der Waals surface area contributed by atoms with Gasteiger partial charge in [0, 0.05) is 14.5 Å². The number of aliphatic hydroxyl groups excluding tert-OH is 1. The van der Waals surface area contributed by atoms with Crippen LogP contribution in [0.1, 0.15) is 22.8 Å². The van der Waals surface area contributed by atoms with E-state index in [1.165, 1.54) is 6.07 Å². The van der Waals surface area contributed by atoms with Crippen LogP contribution in [0, 0.1) is 12.7 Å². The van der Waals surface area contributed by atoms with Crippen LogP contribution in [0.2, 0.25) is 0 Å². The van der Waals surface area contributed by atoms with E-state index < -0.39 is 11.9 Å². The van der Waals surface area contributed by atoms with Gasteiger partial charge in [0.15, 0.2) is 0 Å². The average molecular weight is 374 g/mol. The minimum absolute atomic E-state index is 0.296. The standard InChI is InChI=1S/C14H11Br2FO/c1-8-2-5-13(17)10(6-8)14(18)9-3-4-11(15)12(16)7-9/h2-7,14,18H,1H3. The molecule has 1 nitrogen and oxygen atoms in total. The van der Waals surface area contributed by atoms with Crippen molar-refractivity contribution < 1.29 is 9.50 Å². The van der Waals surface area contributed by atoms with Crippen LogP contribution in [-0.2, 0) is 0 Å². The monoisotopic (exact) mass is 372 g/mol. The molecule has 94 valence electrons. The summed E-state index contributed by atoms with van der Waals surface area (Å²) in [5.74, 6) is -0.396. The second kappa shape index (κ2) is 5.51. The van der Waals surface area contributed by atoms with Gasteiger partial charge in [-0.3, -0.25) is 0 Å². The van der Waals surface area contributed by atoms with Crippen LogP contribution in [-0.4, -0.2) is 5.11 Å². The molecule has 0 aliphatic carbocycles. The van der Waals surface area contributed by atoms with E-state index in [4.69, 9.17) is 0 Å². The maximum Gasteiger partial charge on any atom is 0.129 e. The summed E-state index contributed by atoms with van der Waals surface area (Å²) in [5.41, 5.74) is 1.86. The fourth-order valence-electron chi connectivity index (χ4n) is 1.73. The Hall–Kier alpha value is -0.710. The first-order valence-electron chi connectivity index (χ1n) is 5.38. The molecule has 0 fully saturated rings. The molecule has 1 N–H and O–H groups in total. The number of rotatable bonds is 2.